The van der Waals surface area contributed by atoms with E-state index in [-0.39, 0.29) is 30.6 Å². The Labute approximate surface area is 144 Å². The SMILES string of the molecule is CC(C)C(=O)[C@@H](OC(=O)NCC1(CC(=O)O)CCCCC1)C(C)C. The molecule has 0 aliphatic heterocycles. The van der Waals surface area contributed by atoms with E-state index in [0.717, 1.165) is 32.1 Å². The third-order valence-electron chi connectivity index (χ3n) is 4.74. The summed E-state index contributed by atoms with van der Waals surface area (Å²) < 4.78 is 5.33. The molecule has 24 heavy (non-hydrogen) atoms. The normalized spacial score (nSPS) is 18.2. The van der Waals surface area contributed by atoms with Crippen molar-refractivity contribution in [2.45, 2.75) is 72.3 Å². The highest BCUT2D eigenvalue weighted by Gasteiger charge is 2.35. The number of amides is 1. The first-order valence-electron chi connectivity index (χ1n) is 8.87. The van der Waals surface area contributed by atoms with Crippen LogP contribution in [0.3, 0.4) is 0 Å². The number of ketones is 1. The van der Waals surface area contributed by atoms with E-state index < -0.39 is 23.6 Å². The number of nitrogens with one attached hydrogen (secondary N) is 1. The molecule has 1 aliphatic rings. The van der Waals surface area contributed by atoms with E-state index in [2.05, 4.69) is 5.32 Å². The summed E-state index contributed by atoms with van der Waals surface area (Å²) in [6.07, 6.45) is 3.27. The van der Waals surface area contributed by atoms with Crippen LogP contribution in [0.15, 0.2) is 0 Å². The predicted octanol–water partition coefficient (Wildman–Crippen LogP) is 3.39. The number of Topliss-reactive ketones (excluding diaryl/α,β-unsaturated/α-hetero) is 1. The number of carboxylic acid groups (broad SMARTS) is 1. The van der Waals surface area contributed by atoms with Crippen LogP contribution in [0, 0.1) is 17.3 Å². The summed E-state index contributed by atoms with van der Waals surface area (Å²) in [5, 5.41) is 11.9. The third kappa shape index (κ3) is 6.13. The fourth-order valence-corrected chi connectivity index (χ4v) is 3.31. The van der Waals surface area contributed by atoms with Crippen molar-refractivity contribution in [2.24, 2.45) is 17.3 Å². The van der Waals surface area contributed by atoms with Crippen LogP contribution in [-0.4, -0.2) is 35.6 Å². The van der Waals surface area contributed by atoms with Gasteiger partial charge in [0.05, 0.1) is 6.42 Å². The molecule has 0 aromatic heterocycles. The van der Waals surface area contributed by atoms with Crippen molar-refractivity contribution in [1.82, 2.24) is 5.32 Å². The minimum atomic E-state index is -0.845. The quantitative estimate of drug-likeness (QED) is 0.706. The molecule has 2 N–H and O–H groups in total. The number of alkyl carbamates (subject to hydrolysis) is 1. The molecular weight excluding hydrogens is 310 g/mol. The molecule has 0 saturated heterocycles. The second-order valence-electron chi connectivity index (χ2n) is 7.61. The highest BCUT2D eigenvalue weighted by molar-refractivity contribution is 5.87. The molecular formula is C18H31NO5. The largest absolute Gasteiger partial charge is 0.481 e. The molecule has 0 radical (unpaired) electrons. The maximum Gasteiger partial charge on any atom is 0.407 e. The monoisotopic (exact) mass is 341 g/mol. The summed E-state index contributed by atoms with van der Waals surface area (Å²) in [6, 6.07) is 0. The molecule has 6 heteroatoms. The summed E-state index contributed by atoms with van der Waals surface area (Å²) in [5.74, 6) is -1.25. The minimum absolute atomic E-state index is 0.0474. The first kappa shape index (κ1) is 20.5. The molecule has 1 saturated carbocycles. The molecule has 1 rings (SSSR count). The lowest BCUT2D eigenvalue weighted by Gasteiger charge is -2.36. The Morgan fingerprint density at radius 1 is 1.08 bits per heavy atom. The van der Waals surface area contributed by atoms with Gasteiger partial charge in [-0.15, -0.1) is 0 Å². The van der Waals surface area contributed by atoms with Crippen molar-refractivity contribution in [2.75, 3.05) is 6.54 Å². The van der Waals surface area contributed by atoms with Gasteiger partial charge in [-0.2, -0.15) is 0 Å². The first-order chi connectivity index (χ1) is 11.2. The minimum Gasteiger partial charge on any atom is -0.481 e. The van der Waals surface area contributed by atoms with Crippen molar-refractivity contribution >= 4 is 17.8 Å². The number of carbonyl (C=O) groups excluding carboxylic acids is 2. The van der Waals surface area contributed by atoms with Gasteiger partial charge in [0, 0.05) is 12.5 Å². The average Bonchev–Trinajstić information content (AvgIpc) is 2.50. The molecule has 1 amide bonds. The topological polar surface area (TPSA) is 92.7 Å². The van der Waals surface area contributed by atoms with Gasteiger partial charge in [-0.05, 0) is 24.2 Å². The summed E-state index contributed by atoms with van der Waals surface area (Å²) in [6.45, 7) is 7.51. The number of rotatable bonds is 8. The zero-order chi connectivity index (χ0) is 18.3. The number of carboxylic acids is 1. The smallest absolute Gasteiger partial charge is 0.407 e. The van der Waals surface area contributed by atoms with Crippen LogP contribution in [0.4, 0.5) is 4.79 Å². The van der Waals surface area contributed by atoms with E-state index in [9.17, 15) is 14.4 Å². The van der Waals surface area contributed by atoms with E-state index in [1.807, 2.05) is 13.8 Å². The number of hydrogen-bond acceptors (Lipinski definition) is 4. The maximum absolute atomic E-state index is 12.2. The van der Waals surface area contributed by atoms with Crippen molar-refractivity contribution in [3.05, 3.63) is 0 Å². The Bertz CT molecular complexity index is 452. The summed E-state index contributed by atoms with van der Waals surface area (Å²) >= 11 is 0. The van der Waals surface area contributed by atoms with E-state index in [0.29, 0.717) is 0 Å². The average molecular weight is 341 g/mol. The van der Waals surface area contributed by atoms with Gasteiger partial charge in [-0.25, -0.2) is 4.79 Å². The predicted molar refractivity (Wildman–Crippen MR) is 90.7 cm³/mol. The zero-order valence-electron chi connectivity index (χ0n) is 15.3. The van der Waals surface area contributed by atoms with Gasteiger partial charge in [0.2, 0.25) is 0 Å². The van der Waals surface area contributed by atoms with Gasteiger partial charge < -0.3 is 15.2 Å². The standard InChI is InChI=1S/C18H31NO5/c1-12(2)15(22)16(13(3)4)24-17(23)19-11-18(10-14(20)21)8-6-5-7-9-18/h12-13,16H,5-11H2,1-4H3,(H,19,23)(H,20,21)/t16-/m0/s1. The molecule has 1 fully saturated rings. The Hall–Kier alpha value is -1.59. The second kappa shape index (κ2) is 9.04. The summed E-state index contributed by atoms with van der Waals surface area (Å²) in [7, 11) is 0. The lowest BCUT2D eigenvalue weighted by Crippen LogP contribution is -2.43. The van der Waals surface area contributed by atoms with Crippen LogP contribution in [0.2, 0.25) is 0 Å². The van der Waals surface area contributed by atoms with Crippen LogP contribution in [0.5, 0.6) is 0 Å². The van der Waals surface area contributed by atoms with Crippen LogP contribution >= 0.6 is 0 Å². The van der Waals surface area contributed by atoms with Crippen molar-refractivity contribution in [3.63, 3.8) is 0 Å². The van der Waals surface area contributed by atoms with E-state index in [1.165, 1.54) is 0 Å². The first-order valence-corrected chi connectivity index (χ1v) is 8.87. The molecule has 0 spiro atoms. The maximum atomic E-state index is 12.2. The summed E-state index contributed by atoms with van der Waals surface area (Å²) in [4.78, 5) is 35.4. The van der Waals surface area contributed by atoms with Gasteiger partial charge in [-0.1, -0.05) is 47.0 Å². The molecule has 0 unspecified atom stereocenters. The van der Waals surface area contributed by atoms with E-state index >= 15 is 0 Å². The molecule has 138 valence electrons. The third-order valence-corrected chi connectivity index (χ3v) is 4.74. The molecule has 6 nitrogen and oxygen atoms in total. The van der Waals surface area contributed by atoms with E-state index in [1.54, 1.807) is 13.8 Å². The van der Waals surface area contributed by atoms with Gasteiger partial charge in [0.1, 0.15) is 0 Å². The number of aliphatic carboxylic acids is 1. The van der Waals surface area contributed by atoms with Gasteiger partial charge in [-0.3, -0.25) is 9.59 Å². The van der Waals surface area contributed by atoms with Crippen LogP contribution in [0.1, 0.15) is 66.2 Å². The Kier molecular flexibility index (Phi) is 7.70. The fraction of sp³-hybridized carbons (Fsp3) is 0.833. The summed E-state index contributed by atoms with van der Waals surface area (Å²) in [5.41, 5.74) is -0.404. The van der Waals surface area contributed by atoms with E-state index in [4.69, 9.17) is 9.84 Å². The van der Waals surface area contributed by atoms with Crippen molar-refractivity contribution in [3.8, 4) is 0 Å². The van der Waals surface area contributed by atoms with Gasteiger partial charge in [0.15, 0.2) is 11.9 Å². The Balaban J connectivity index is 2.64. The van der Waals surface area contributed by atoms with Crippen LogP contribution in [-0.2, 0) is 14.3 Å². The lowest BCUT2D eigenvalue weighted by molar-refractivity contribution is -0.140. The molecule has 0 bridgehead atoms. The molecule has 0 aromatic carbocycles. The molecule has 1 atom stereocenters. The number of carbonyl (C=O) groups is 3. The van der Waals surface area contributed by atoms with Crippen LogP contribution in [0.25, 0.3) is 0 Å². The van der Waals surface area contributed by atoms with Gasteiger partial charge in [0.25, 0.3) is 0 Å². The fourth-order valence-electron chi connectivity index (χ4n) is 3.31. The van der Waals surface area contributed by atoms with Gasteiger partial charge >= 0.3 is 12.1 Å². The highest BCUT2D eigenvalue weighted by atomic mass is 16.6. The van der Waals surface area contributed by atoms with Crippen molar-refractivity contribution in [1.29, 1.82) is 0 Å². The Morgan fingerprint density at radius 2 is 1.67 bits per heavy atom. The molecule has 0 heterocycles. The zero-order valence-corrected chi connectivity index (χ0v) is 15.3. The lowest BCUT2D eigenvalue weighted by atomic mass is 9.72. The second-order valence-corrected chi connectivity index (χ2v) is 7.61. The highest BCUT2D eigenvalue weighted by Crippen LogP contribution is 2.38. The van der Waals surface area contributed by atoms with Crippen LogP contribution < -0.4 is 5.32 Å². The number of ether oxygens (including phenoxy) is 1. The number of hydrogen-bond donors (Lipinski definition) is 2. The molecule has 0 aromatic rings. The van der Waals surface area contributed by atoms with Crippen molar-refractivity contribution < 1.29 is 24.2 Å². The Morgan fingerprint density at radius 3 is 2.12 bits per heavy atom. The molecule has 1 aliphatic carbocycles.